The van der Waals surface area contributed by atoms with Gasteiger partial charge in [-0.2, -0.15) is 5.26 Å². The smallest absolute Gasteiger partial charge is 0.403 e. The fraction of sp³-hybridized carbons (Fsp3) is 0.167. The van der Waals surface area contributed by atoms with Gasteiger partial charge in [-0.05, 0) is 19.1 Å². The van der Waals surface area contributed by atoms with Crippen LogP contribution in [0.5, 0.6) is 5.75 Å². The summed E-state index contributed by atoms with van der Waals surface area (Å²) in [6.45, 7) is 1.69. The molecule has 19 heavy (non-hydrogen) atoms. The zero-order valence-corrected chi connectivity index (χ0v) is 9.77. The molecule has 0 N–H and O–H groups in total. The fourth-order valence-corrected chi connectivity index (χ4v) is 1.63. The van der Waals surface area contributed by atoms with E-state index in [1.54, 1.807) is 6.92 Å². The lowest BCUT2D eigenvalue weighted by molar-refractivity contribution is -0.274. The van der Waals surface area contributed by atoms with E-state index >= 15 is 0 Å². The Bertz CT molecular complexity index is 640. The van der Waals surface area contributed by atoms with Gasteiger partial charge in [0.15, 0.2) is 5.75 Å². The molecular formula is C12H8F3N3O. The van der Waals surface area contributed by atoms with Gasteiger partial charge in [-0.1, -0.05) is 6.07 Å². The van der Waals surface area contributed by atoms with Crippen molar-refractivity contribution in [2.45, 2.75) is 13.3 Å². The lowest BCUT2D eigenvalue weighted by Gasteiger charge is -2.14. The molecule has 0 unspecified atom stereocenters. The second-order valence-corrected chi connectivity index (χ2v) is 3.73. The maximum Gasteiger partial charge on any atom is 0.573 e. The van der Waals surface area contributed by atoms with Gasteiger partial charge >= 0.3 is 6.36 Å². The minimum absolute atomic E-state index is 0.0166. The Morgan fingerprint density at radius 3 is 2.63 bits per heavy atom. The first-order valence-corrected chi connectivity index (χ1v) is 5.20. The molecule has 0 fully saturated rings. The maximum atomic E-state index is 12.3. The molecule has 2 rings (SSSR count). The van der Waals surface area contributed by atoms with Gasteiger partial charge in [0, 0.05) is 6.20 Å². The highest BCUT2D eigenvalue weighted by Gasteiger charge is 2.32. The molecule has 0 saturated carbocycles. The Morgan fingerprint density at radius 2 is 2.11 bits per heavy atom. The van der Waals surface area contributed by atoms with E-state index in [1.165, 1.54) is 29.2 Å². The van der Waals surface area contributed by atoms with Crippen molar-refractivity contribution in [2.75, 3.05) is 0 Å². The second-order valence-electron chi connectivity index (χ2n) is 3.73. The standard InChI is InChI=1S/C12H8F3N3O/c1-8-6-18(7-17-8)11-9(5-16)3-2-4-10(11)19-12(13,14)15/h2-4,6-7H,1H3. The van der Waals surface area contributed by atoms with Crippen LogP contribution in [-0.2, 0) is 0 Å². The number of hydrogen-bond donors (Lipinski definition) is 0. The number of alkyl halides is 3. The van der Waals surface area contributed by atoms with E-state index in [4.69, 9.17) is 5.26 Å². The largest absolute Gasteiger partial charge is 0.573 e. The second kappa shape index (κ2) is 4.65. The number of nitrogens with zero attached hydrogens (tertiary/aromatic N) is 3. The van der Waals surface area contributed by atoms with Crippen molar-refractivity contribution in [1.29, 1.82) is 5.26 Å². The molecule has 1 aromatic heterocycles. The van der Waals surface area contributed by atoms with Crippen LogP contribution in [0.3, 0.4) is 0 Å². The van der Waals surface area contributed by atoms with E-state index in [-0.39, 0.29) is 11.3 Å². The number of aryl methyl sites for hydroxylation is 1. The van der Waals surface area contributed by atoms with Crippen molar-refractivity contribution in [2.24, 2.45) is 0 Å². The van der Waals surface area contributed by atoms with Crippen LogP contribution in [0, 0.1) is 18.3 Å². The average molecular weight is 267 g/mol. The number of aromatic nitrogens is 2. The van der Waals surface area contributed by atoms with Crippen molar-refractivity contribution in [1.82, 2.24) is 9.55 Å². The highest BCUT2D eigenvalue weighted by atomic mass is 19.4. The third kappa shape index (κ3) is 2.85. The topological polar surface area (TPSA) is 50.8 Å². The van der Waals surface area contributed by atoms with Crippen LogP contribution >= 0.6 is 0 Å². The summed E-state index contributed by atoms with van der Waals surface area (Å²) in [6.07, 6.45) is -1.98. The third-order valence-electron chi connectivity index (χ3n) is 2.32. The number of halogens is 3. The van der Waals surface area contributed by atoms with Gasteiger partial charge in [0.1, 0.15) is 11.8 Å². The molecule has 0 aliphatic carbocycles. The van der Waals surface area contributed by atoms with Crippen molar-refractivity contribution in [3.8, 4) is 17.5 Å². The average Bonchev–Trinajstić information content (AvgIpc) is 2.73. The predicted octanol–water partition coefficient (Wildman–Crippen LogP) is 2.95. The van der Waals surface area contributed by atoms with Gasteiger partial charge in [0.2, 0.25) is 0 Å². The molecule has 1 aromatic carbocycles. The summed E-state index contributed by atoms with van der Waals surface area (Å²) in [4.78, 5) is 3.92. The van der Waals surface area contributed by atoms with Gasteiger partial charge in [0.05, 0.1) is 17.6 Å². The maximum absolute atomic E-state index is 12.3. The molecule has 0 aliphatic heterocycles. The summed E-state index contributed by atoms with van der Waals surface area (Å²) in [6, 6.07) is 5.72. The van der Waals surface area contributed by atoms with Crippen LogP contribution < -0.4 is 4.74 Å². The van der Waals surface area contributed by atoms with Crippen molar-refractivity contribution in [3.05, 3.63) is 42.0 Å². The quantitative estimate of drug-likeness (QED) is 0.840. The van der Waals surface area contributed by atoms with E-state index in [0.29, 0.717) is 5.69 Å². The number of para-hydroxylation sites is 1. The van der Waals surface area contributed by atoms with Crippen molar-refractivity contribution in [3.63, 3.8) is 0 Å². The van der Waals surface area contributed by atoms with Crippen LogP contribution in [0.1, 0.15) is 11.3 Å². The molecule has 2 aromatic rings. The van der Waals surface area contributed by atoms with E-state index < -0.39 is 12.1 Å². The minimum atomic E-state index is -4.82. The summed E-state index contributed by atoms with van der Waals surface area (Å²) in [5, 5.41) is 8.99. The van der Waals surface area contributed by atoms with Crippen LogP contribution in [0.4, 0.5) is 13.2 Å². The Balaban J connectivity index is 2.59. The molecule has 1 heterocycles. The lowest BCUT2D eigenvalue weighted by atomic mass is 10.2. The normalized spacial score (nSPS) is 11.1. The van der Waals surface area contributed by atoms with E-state index in [9.17, 15) is 13.2 Å². The Labute approximate surface area is 106 Å². The van der Waals surface area contributed by atoms with E-state index in [2.05, 4.69) is 9.72 Å². The molecule has 7 heteroatoms. The van der Waals surface area contributed by atoms with Crippen LogP contribution in [0.2, 0.25) is 0 Å². The van der Waals surface area contributed by atoms with Crippen LogP contribution in [0.25, 0.3) is 5.69 Å². The number of ether oxygens (including phenoxy) is 1. The summed E-state index contributed by atoms with van der Waals surface area (Å²) >= 11 is 0. The zero-order valence-electron chi connectivity index (χ0n) is 9.77. The van der Waals surface area contributed by atoms with Crippen molar-refractivity contribution < 1.29 is 17.9 Å². The Hall–Kier alpha value is -2.49. The van der Waals surface area contributed by atoms with Crippen molar-refractivity contribution >= 4 is 0 Å². The molecular weight excluding hydrogens is 259 g/mol. The molecule has 0 atom stereocenters. The molecule has 0 aliphatic rings. The van der Waals surface area contributed by atoms with Gasteiger partial charge in [0.25, 0.3) is 0 Å². The molecule has 0 radical (unpaired) electrons. The van der Waals surface area contributed by atoms with E-state index in [1.807, 2.05) is 6.07 Å². The van der Waals surface area contributed by atoms with Gasteiger partial charge in [-0.3, -0.25) is 0 Å². The molecule has 0 saturated heterocycles. The molecule has 98 valence electrons. The molecule has 0 spiro atoms. The van der Waals surface area contributed by atoms with Crippen LogP contribution in [-0.4, -0.2) is 15.9 Å². The number of benzene rings is 1. The highest BCUT2D eigenvalue weighted by Crippen LogP contribution is 2.31. The zero-order chi connectivity index (χ0) is 14.0. The summed E-state index contributed by atoms with van der Waals surface area (Å²) in [7, 11) is 0. The van der Waals surface area contributed by atoms with Gasteiger partial charge in [-0.15, -0.1) is 13.2 Å². The number of imidazole rings is 1. The van der Waals surface area contributed by atoms with Gasteiger partial charge < -0.3 is 9.30 Å². The molecule has 0 amide bonds. The number of nitriles is 1. The highest BCUT2D eigenvalue weighted by molar-refractivity contribution is 5.58. The summed E-state index contributed by atoms with van der Waals surface area (Å²) in [5.41, 5.74) is 0.702. The van der Waals surface area contributed by atoms with Gasteiger partial charge in [-0.25, -0.2) is 4.98 Å². The summed E-state index contributed by atoms with van der Waals surface area (Å²) < 4.78 is 42.3. The predicted molar refractivity (Wildman–Crippen MR) is 59.7 cm³/mol. The molecule has 4 nitrogen and oxygen atoms in total. The first-order chi connectivity index (χ1) is 8.90. The van der Waals surface area contributed by atoms with E-state index in [0.717, 1.165) is 6.07 Å². The third-order valence-corrected chi connectivity index (χ3v) is 2.32. The Morgan fingerprint density at radius 1 is 1.37 bits per heavy atom. The summed E-state index contributed by atoms with van der Waals surface area (Å²) in [5.74, 6) is -0.441. The first kappa shape index (κ1) is 13.0. The van der Waals surface area contributed by atoms with Crippen LogP contribution in [0.15, 0.2) is 30.7 Å². The monoisotopic (exact) mass is 267 g/mol. The Kier molecular flexibility index (Phi) is 3.17. The lowest BCUT2D eigenvalue weighted by Crippen LogP contribution is -2.18. The SMILES string of the molecule is Cc1cn(-c2c(C#N)cccc2OC(F)(F)F)cn1. The first-order valence-electron chi connectivity index (χ1n) is 5.20. The molecule has 0 bridgehead atoms. The minimum Gasteiger partial charge on any atom is -0.403 e. The number of rotatable bonds is 2. The number of hydrogen-bond acceptors (Lipinski definition) is 3. The fourth-order valence-electron chi connectivity index (χ4n) is 1.63.